The molecule has 0 aliphatic heterocycles. The zero-order valence-corrected chi connectivity index (χ0v) is 27.7. The summed E-state index contributed by atoms with van der Waals surface area (Å²) in [6.07, 6.45) is -5.85. The summed E-state index contributed by atoms with van der Waals surface area (Å²) in [5, 5.41) is 33.5. The fourth-order valence-electron chi connectivity index (χ4n) is 5.96. The summed E-state index contributed by atoms with van der Waals surface area (Å²) < 4.78 is 58.6. The van der Waals surface area contributed by atoms with E-state index in [1.54, 1.807) is 37.2 Å². The van der Waals surface area contributed by atoms with Gasteiger partial charge in [-0.25, -0.2) is 4.39 Å². The van der Waals surface area contributed by atoms with Crippen molar-refractivity contribution in [3.05, 3.63) is 91.6 Å². The predicted molar refractivity (Wildman–Crippen MR) is 171 cm³/mol. The molecule has 8 nitrogen and oxygen atoms in total. The molecule has 12 heteroatoms. The minimum Gasteiger partial charge on any atom is -0.481 e. The molecule has 2 unspecified atom stereocenters. The number of alkyl halides is 3. The molecule has 0 amide bonds. The van der Waals surface area contributed by atoms with E-state index < -0.39 is 53.8 Å². The summed E-state index contributed by atoms with van der Waals surface area (Å²) in [6, 6.07) is 6.73. The Kier molecular flexibility index (Phi) is 12.1. The van der Waals surface area contributed by atoms with Crippen LogP contribution in [0.5, 0.6) is 0 Å². The number of rotatable bonds is 13. The summed E-state index contributed by atoms with van der Waals surface area (Å²) in [5.41, 5.74) is 1.29. The number of pyridine rings is 1. The quantitative estimate of drug-likeness (QED) is 0.146. The van der Waals surface area contributed by atoms with Crippen molar-refractivity contribution in [3.63, 3.8) is 0 Å². The summed E-state index contributed by atoms with van der Waals surface area (Å²) in [6.45, 7) is 9.04. The predicted octanol–water partition coefficient (Wildman–Crippen LogP) is 6.29. The van der Waals surface area contributed by atoms with Gasteiger partial charge in [0.1, 0.15) is 12.0 Å². The normalized spacial score (nSPS) is 13.9. The van der Waals surface area contributed by atoms with Crippen LogP contribution in [0.3, 0.4) is 0 Å². The van der Waals surface area contributed by atoms with Crippen molar-refractivity contribution >= 4 is 5.97 Å². The van der Waals surface area contributed by atoms with E-state index in [4.69, 9.17) is 0 Å². The van der Waals surface area contributed by atoms with Gasteiger partial charge in [-0.15, -0.1) is 0 Å². The van der Waals surface area contributed by atoms with Crippen LogP contribution in [0.15, 0.2) is 41.3 Å². The number of halogens is 4. The van der Waals surface area contributed by atoms with Gasteiger partial charge in [0, 0.05) is 30.4 Å². The van der Waals surface area contributed by atoms with Gasteiger partial charge in [-0.05, 0) is 111 Å². The van der Waals surface area contributed by atoms with E-state index in [2.05, 4.69) is 11.4 Å². The molecular formula is C35H42F4N4O4. The molecule has 2 aromatic carbocycles. The number of carboxylic acids is 1. The minimum absolute atomic E-state index is 0.0207. The molecule has 3 N–H and O–H groups in total. The molecule has 1 aromatic heterocycles. The second kappa shape index (κ2) is 15.2. The van der Waals surface area contributed by atoms with E-state index in [9.17, 15) is 38.2 Å². The SMILES string of the molecule is Cc1cc(-c2c(C)cc(C#N)cc2C)cc([C@H](CC(=O)O)NC(O)C(CC(C)C)n2cc(CCN(C)C)c(C(F)(F)F)cc2=O)c1F. The van der Waals surface area contributed by atoms with Crippen molar-refractivity contribution in [2.24, 2.45) is 5.92 Å². The first kappa shape index (κ1) is 37.4. The third kappa shape index (κ3) is 9.28. The number of aromatic nitrogens is 1. The molecule has 1 heterocycles. The Labute approximate surface area is 272 Å². The summed E-state index contributed by atoms with van der Waals surface area (Å²) in [7, 11) is 3.42. The number of hydrogen-bond donors (Lipinski definition) is 3. The van der Waals surface area contributed by atoms with Gasteiger partial charge in [0.25, 0.3) is 5.56 Å². The van der Waals surface area contributed by atoms with Crippen molar-refractivity contribution in [1.29, 1.82) is 5.26 Å². The highest BCUT2D eigenvalue weighted by Gasteiger charge is 2.36. The van der Waals surface area contributed by atoms with Crippen molar-refractivity contribution < 1.29 is 32.6 Å². The number of aliphatic hydroxyl groups excluding tert-OH is 1. The van der Waals surface area contributed by atoms with Gasteiger partial charge in [-0.1, -0.05) is 13.8 Å². The van der Waals surface area contributed by atoms with Crippen LogP contribution in [0.2, 0.25) is 0 Å². The number of nitrogens with one attached hydrogen (secondary N) is 1. The number of nitrogens with zero attached hydrogens (tertiary/aromatic N) is 3. The molecule has 0 aliphatic carbocycles. The van der Waals surface area contributed by atoms with Crippen molar-refractivity contribution in [2.75, 3.05) is 20.6 Å². The first-order valence-electron chi connectivity index (χ1n) is 15.3. The maximum Gasteiger partial charge on any atom is 0.416 e. The molecular weight excluding hydrogens is 616 g/mol. The standard InChI is InChI=1S/C35H42F4N4O4/c1-19(2)10-29(43-18-24(8-9-42(6)7)27(15-30(43)44)35(37,38)39)34(47)41-28(16-31(45)46)26-14-25(13-22(5)33(26)36)32-20(3)11-23(17-40)12-21(32)4/h11-15,18-19,28-29,34,41,47H,8-10,16H2,1-7H3,(H,45,46)/t28-,29?,34?/m0/s1. The summed E-state index contributed by atoms with van der Waals surface area (Å²) in [4.78, 5) is 26.9. The highest BCUT2D eigenvalue weighted by molar-refractivity contribution is 5.74. The van der Waals surface area contributed by atoms with Crippen molar-refractivity contribution in [3.8, 4) is 17.2 Å². The number of benzene rings is 2. The lowest BCUT2D eigenvalue weighted by Gasteiger charge is -2.32. The number of carboxylic acid groups (broad SMARTS) is 1. The van der Waals surface area contributed by atoms with Crippen LogP contribution < -0.4 is 10.9 Å². The fourth-order valence-corrected chi connectivity index (χ4v) is 5.96. The van der Waals surface area contributed by atoms with Crippen LogP contribution in [-0.2, 0) is 17.4 Å². The van der Waals surface area contributed by atoms with Gasteiger partial charge < -0.3 is 19.7 Å². The van der Waals surface area contributed by atoms with Crippen LogP contribution >= 0.6 is 0 Å². The number of likely N-dealkylation sites (N-methyl/N-ethyl adjacent to an activating group) is 1. The molecule has 0 radical (unpaired) electrons. The molecule has 3 aromatic rings. The average molecular weight is 659 g/mol. The maximum absolute atomic E-state index is 15.8. The van der Waals surface area contributed by atoms with E-state index in [0.717, 1.165) is 27.5 Å². The first-order valence-corrected chi connectivity index (χ1v) is 15.3. The third-order valence-electron chi connectivity index (χ3n) is 8.09. The molecule has 254 valence electrons. The minimum atomic E-state index is -4.77. The molecule has 0 aliphatic rings. The van der Waals surface area contributed by atoms with Gasteiger partial charge >= 0.3 is 12.1 Å². The fraction of sp³-hybridized carbons (Fsp3) is 0.457. The number of nitriles is 1. The Morgan fingerprint density at radius 2 is 1.68 bits per heavy atom. The molecule has 0 saturated heterocycles. The van der Waals surface area contributed by atoms with E-state index in [-0.39, 0.29) is 42.0 Å². The molecule has 3 atom stereocenters. The van der Waals surface area contributed by atoms with Crippen molar-refractivity contribution in [2.45, 2.75) is 78.4 Å². The molecule has 0 spiro atoms. The first-order chi connectivity index (χ1) is 21.8. The van der Waals surface area contributed by atoms with Crippen LogP contribution in [0.1, 0.15) is 77.7 Å². The average Bonchev–Trinajstić information content (AvgIpc) is 2.95. The van der Waals surface area contributed by atoms with Gasteiger partial charge in [0.05, 0.1) is 29.7 Å². The van der Waals surface area contributed by atoms with Crippen LogP contribution in [0.4, 0.5) is 17.6 Å². The Morgan fingerprint density at radius 1 is 1.06 bits per heavy atom. The lowest BCUT2D eigenvalue weighted by atomic mass is 9.89. The Hall–Kier alpha value is -4.05. The molecule has 3 rings (SSSR count). The zero-order chi connectivity index (χ0) is 35.4. The van der Waals surface area contributed by atoms with E-state index in [1.165, 1.54) is 13.0 Å². The van der Waals surface area contributed by atoms with E-state index >= 15 is 4.39 Å². The monoisotopic (exact) mass is 658 g/mol. The van der Waals surface area contributed by atoms with Crippen LogP contribution in [0.25, 0.3) is 11.1 Å². The summed E-state index contributed by atoms with van der Waals surface area (Å²) in [5.74, 6) is -2.12. The smallest absolute Gasteiger partial charge is 0.416 e. The maximum atomic E-state index is 15.8. The Balaban J connectivity index is 2.15. The van der Waals surface area contributed by atoms with Crippen molar-refractivity contribution in [1.82, 2.24) is 14.8 Å². The number of carbonyl (C=O) groups is 1. The van der Waals surface area contributed by atoms with Gasteiger partial charge in [-0.2, -0.15) is 18.4 Å². The molecule has 0 saturated carbocycles. The topological polar surface area (TPSA) is 119 Å². The van der Waals surface area contributed by atoms with Crippen LogP contribution in [-0.4, -0.2) is 52.5 Å². The Morgan fingerprint density at radius 3 is 2.19 bits per heavy atom. The number of aliphatic hydroxyl groups is 1. The lowest BCUT2D eigenvalue weighted by molar-refractivity contribution is -0.139. The number of aliphatic carboxylic acids is 1. The third-order valence-corrected chi connectivity index (χ3v) is 8.09. The van der Waals surface area contributed by atoms with E-state index in [1.807, 2.05) is 27.7 Å². The zero-order valence-electron chi connectivity index (χ0n) is 27.7. The van der Waals surface area contributed by atoms with Gasteiger partial charge in [-0.3, -0.25) is 14.9 Å². The highest BCUT2D eigenvalue weighted by atomic mass is 19.4. The second-order valence-electron chi connectivity index (χ2n) is 12.8. The molecule has 0 bridgehead atoms. The lowest BCUT2D eigenvalue weighted by Crippen LogP contribution is -2.44. The van der Waals surface area contributed by atoms with Gasteiger partial charge in [0.2, 0.25) is 0 Å². The largest absolute Gasteiger partial charge is 0.481 e. The van der Waals surface area contributed by atoms with E-state index in [0.29, 0.717) is 17.2 Å². The number of hydrogen-bond acceptors (Lipinski definition) is 6. The molecule has 47 heavy (non-hydrogen) atoms. The van der Waals surface area contributed by atoms with Crippen LogP contribution in [0, 0.1) is 43.8 Å². The molecule has 0 fully saturated rings. The second-order valence-corrected chi connectivity index (χ2v) is 12.8. The highest BCUT2D eigenvalue weighted by Crippen LogP contribution is 2.35. The summed E-state index contributed by atoms with van der Waals surface area (Å²) >= 11 is 0. The van der Waals surface area contributed by atoms with Gasteiger partial charge in [0.15, 0.2) is 0 Å². The number of aryl methyl sites for hydroxylation is 3. The Bertz CT molecular complexity index is 1690.